The van der Waals surface area contributed by atoms with Crippen LogP contribution in [-0.4, -0.2) is 42.5 Å². The molecular weight excluding hydrogens is 349 g/mol. The third-order valence-corrected chi connectivity index (χ3v) is 4.36. The number of nitrogens with zero attached hydrogens (tertiary/aromatic N) is 2. The van der Waals surface area contributed by atoms with Crippen molar-refractivity contribution < 1.29 is 9.21 Å². The number of nitrogens with one attached hydrogen (secondary N) is 1. The van der Waals surface area contributed by atoms with Gasteiger partial charge in [-0.25, -0.2) is 4.98 Å². The summed E-state index contributed by atoms with van der Waals surface area (Å²) in [6.45, 7) is 2.60. The zero-order valence-corrected chi connectivity index (χ0v) is 15.1. The number of oxazole rings is 1. The fraction of sp³-hybridized carbons (Fsp3) is 0.412. The highest BCUT2D eigenvalue weighted by Gasteiger charge is 2.26. The van der Waals surface area contributed by atoms with Crippen molar-refractivity contribution in [2.45, 2.75) is 12.8 Å². The molecule has 24 heavy (non-hydrogen) atoms. The molecule has 5 nitrogen and oxygen atoms in total. The van der Waals surface area contributed by atoms with E-state index in [-0.39, 0.29) is 24.7 Å². The monoisotopic (exact) mass is 369 g/mol. The molecule has 1 aromatic heterocycles. The van der Waals surface area contributed by atoms with Gasteiger partial charge < -0.3 is 14.6 Å². The number of carbonyl (C=O) groups is 1. The van der Waals surface area contributed by atoms with Crippen molar-refractivity contribution in [3.63, 3.8) is 0 Å². The molecule has 7 heteroatoms. The Hall–Kier alpha value is -1.56. The van der Waals surface area contributed by atoms with Crippen LogP contribution in [0.3, 0.4) is 0 Å². The molecular formula is C17H21Cl2N3O2. The number of carbonyl (C=O) groups excluding carboxylic acids is 1. The molecule has 0 aliphatic carbocycles. The highest BCUT2D eigenvalue weighted by molar-refractivity contribution is 6.30. The van der Waals surface area contributed by atoms with Gasteiger partial charge in [0.25, 0.3) is 0 Å². The Bertz CT molecular complexity index is 673. The van der Waals surface area contributed by atoms with Gasteiger partial charge in [-0.2, -0.15) is 0 Å². The number of hydrogen-bond acceptors (Lipinski definition) is 4. The summed E-state index contributed by atoms with van der Waals surface area (Å²) in [6.07, 6.45) is 2.90. The molecule has 1 unspecified atom stereocenters. The molecule has 0 radical (unpaired) electrons. The lowest BCUT2D eigenvalue weighted by molar-refractivity contribution is -0.129. The van der Waals surface area contributed by atoms with E-state index < -0.39 is 0 Å². The number of amides is 1. The zero-order chi connectivity index (χ0) is 16.2. The summed E-state index contributed by atoms with van der Waals surface area (Å²) in [5, 5.41) is 3.84. The van der Waals surface area contributed by atoms with Crippen LogP contribution in [0.15, 0.2) is 34.9 Å². The van der Waals surface area contributed by atoms with Crippen LogP contribution in [0.2, 0.25) is 5.02 Å². The molecule has 1 aliphatic rings. The summed E-state index contributed by atoms with van der Waals surface area (Å²) in [7, 11) is 1.94. The normalized spacial score (nSPS) is 16.9. The fourth-order valence-corrected chi connectivity index (χ4v) is 3.02. The number of halogens is 2. The summed E-state index contributed by atoms with van der Waals surface area (Å²) >= 11 is 5.87. The Labute approximate surface area is 152 Å². The van der Waals surface area contributed by atoms with Crippen LogP contribution < -0.4 is 5.32 Å². The van der Waals surface area contributed by atoms with Crippen molar-refractivity contribution >= 4 is 29.9 Å². The average Bonchev–Trinajstić information content (AvgIpc) is 3.18. The fourth-order valence-electron chi connectivity index (χ4n) is 2.89. The summed E-state index contributed by atoms with van der Waals surface area (Å²) in [5.41, 5.74) is 1.51. The Morgan fingerprint density at radius 3 is 2.88 bits per heavy atom. The maximum atomic E-state index is 12.4. The first-order chi connectivity index (χ1) is 11.2. The van der Waals surface area contributed by atoms with Crippen molar-refractivity contribution in [2.75, 3.05) is 26.7 Å². The molecule has 1 fully saturated rings. The Morgan fingerprint density at radius 1 is 1.42 bits per heavy atom. The van der Waals surface area contributed by atoms with E-state index in [0.29, 0.717) is 22.5 Å². The van der Waals surface area contributed by atoms with E-state index in [1.54, 1.807) is 18.4 Å². The first-order valence-electron chi connectivity index (χ1n) is 7.78. The third-order valence-electron chi connectivity index (χ3n) is 4.11. The average molecular weight is 370 g/mol. The molecule has 1 amide bonds. The van der Waals surface area contributed by atoms with Gasteiger partial charge in [0.15, 0.2) is 0 Å². The van der Waals surface area contributed by atoms with Crippen LogP contribution in [0.4, 0.5) is 0 Å². The summed E-state index contributed by atoms with van der Waals surface area (Å²) in [6, 6.07) is 7.28. The molecule has 0 saturated carbocycles. The Morgan fingerprint density at radius 2 is 2.17 bits per heavy atom. The molecule has 3 rings (SSSR count). The summed E-state index contributed by atoms with van der Waals surface area (Å²) in [4.78, 5) is 18.7. The quantitative estimate of drug-likeness (QED) is 0.879. The molecule has 130 valence electrons. The van der Waals surface area contributed by atoms with Crippen molar-refractivity contribution in [2.24, 2.45) is 5.92 Å². The predicted octanol–water partition coefficient (Wildman–Crippen LogP) is 3.03. The lowest BCUT2D eigenvalue weighted by atomic mass is 10.1. The first kappa shape index (κ1) is 18.8. The zero-order valence-electron chi connectivity index (χ0n) is 13.5. The van der Waals surface area contributed by atoms with E-state index in [0.717, 1.165) is 31.6 Å². The minimum Gasteiger partial charge on any atom is -0.444 e. The van der Waals surface area contributed by atoms with Gasteiger partial charge in [0.05, 0.1) is 12.1 Å². The van der Waals surface area contributed by atoms with E-state index in [4.69, 9.17) is 16.0 Å². The molecule has 1 N–H and O–H groups in total. The highest BCUT2D eigenvalue weighted by Crippen LogP contribution is 2.22. The Kier molecular flexibility index (Phi) is 6.66. The van der Waals surface area contributed by atoms with Crippen molar-refractivity contribution in [3.05, 3.63) is 41.2 Å². The number of likely N-dealkylation sites (tertiary alicyclic amines) is 1. The minimum absolute atomic E-state index is 0. The molecule has 1 aromatic carbocycles. The van der Waals surface area contributed by atoms with Gasteiger partial charge in [-0.05, 0) is 50.2 Å². The number of rotatable bonds is 5. The van der Waals surface area contributed by atoms with Gasteiger partial charge in [0, 0.05) is 23.7 Å². The van der Waals surface area contributed by atoms with Crippen LogP contribution >= 0.6 is 24.0 Å². The third kappa shape index (κ3) is 4.50. The number of aromatic nitrogens is 1. The molecule has 0 spiro atoms. The van der Waals surface area contributed by atoms with Crippen LogP contribution in [-0.2, 0) is 11.2 Å². The van der Waals surface area contributed by atoms with Crippen molar-refractivity contribution in [3.8, 4) is 11.5 Å². The van der Waals surface area contributed by atoms with E-state index in [1.807, 2.05) is 24.1 Å². The van der Waals surface area contributed by atoms with Gasteiger partial charge >= 0.3 is 0 Å². The summed E-state index contributed by atoms with van der Waals surface area (Å²) in [5.74, 6) is 1.17. The molecule has 1 aliphatic heterocycles. The predicted molar refractivity (Wildman–Crippen MR) is 96.5 cm³/mol. The smallest absolute Gasteiger partial charge is 0.228 e. The minimum atomic E-state index is 0. The van der Waals surface area contributed by atoms with E-state index >= 15 is 0 Å². The van der Waals surface area contributed by atoms with Crippen molar-refractivity contribution in [1.29, 1.82) is 0 Å². The Balaban J connectivity index is 0.00000208. The van der Waals surface area contributed by atoms with Gasteiger partial charge in [-0.3, -0.25) is 4.79 Å². The van der Waals surface area contributed by atoms with Crippen LogP contribution in [0.25, 0.3) is 11.5 Å². The number of hydrogen-bond donors (Lipinski definition) is 1. The van der Waals surface area contributed by atoms with Gasteiger partial charge in [-0.15, -0.1) is 12.4 Å². The lowest BCUT2D eigenvalue weighted by Crippen LogP contribution is -2.31. The van der Waals surface area contributed by atoms with E-state index in [1.165, 1.54) is 0 Å². The lowest BCUT2D eigenvalue weighted by Gasteiger charge is -2.15. The van der Waals surface area contributed by atoms with Gasteiger partial charge in [0.2, 0.25) is 11.8 Å². The second kappa shape index (κ2) is 8.51. The standard InChI is InChI=1S/C17H20ClN3O2.ClH/c1-19-9-12-6-7-21(10-12)16(22)8-15-11-23-17(20-15)13-2-4-14(18)5-3-13;/h2-5,11-12,19H,6-10H2,1H3;1H. The molecule has 0 bridgehead atoms. The summed E-state index contributed by atoms with van der Waals surface area (Å²) < 4.78 is 5.48. The van der Waals surface area contributed by atoms with E-state index in [9.17, 15) is 4.79 Å². The molecule has 2 heterocycles. The van der Waals surface area contributed by atoms with Gasteiger partial charge in [-0.1, -0.05) is 11.6 Å². The first-order valence-corrected chi connectivity index (χ1v) is 8.16. The maximum Gasteiger partial charge on any atom is 0.228 e. The van der Waals surface area contributed by atoms with Crippen LogP contribution in [0.1, 0.15) is 12.1 Å². The second-order valence-corrected chi connectivity index (χ2v) is 6.32. The SMILES string of the molecule is CNCC1CCN(C(=O)Cc2coc(-c3ccc(Cl)cc3)n2)C1.Cl. The van der Waals surface area contributed by atoms with Crippen molar-refractivity contribution in [1.82, 2.24) is 15.2 Å². The van der Waals surface area contributed by atoms with Crippen LogP contribution in [0, 0.1) is 5.92 Å². The molecule has 2 aromatic rings. The maximum absolute atomic E-state index is 12.4. The topological polar surface area (TPSA) is 58.4 Å². The van der Waals surface area contributed by atoms with Crippen LogP contribution in [0.5, 0.6) is 0 Å². The largest absolute Gasteiger partial charge is 0.444 e. The second-order valence-electron chi connectivity index (χ2n) is 5.88. The number of benzene rings is 1. The van der Waals surface area contributed by atoms with E-state index in [2.05, 4.69) is 10.3 Å². The molecule has 1 saturated heterocycles. The highest BCUT2D eigenvalue weighted by atomic mass is 35.5. The van der Waals surface area contributed by atoms with Gasteiger partial charge in [0.1, 0.15) is 6.26 Å². The molecule has 1 atom stereocenters.